The van der Waals surface area contributed by atoms with Crippen molar-refractivity contribution < 1.29 is 4.39 Å². The molecule has 0 aromatic rings. The van der Waals surface area contributed by atoms with Crippen molar-refractivity contribution in [1.82, 2.24) is 5.32 Å². The van der Waals surface area contributed by atoms with Gasteiger partial charge < -0.3 is 5.32 Å². The molecule has 1 atom stereocenters. The second-order valence-corrected chi connectivity index (χ2v) is 3.90. The van der Waals surface area contributed by atoms with Gasteiger partial charge in [-0.05, 0) is 32.2 Å². The largest absolute Gasteiger partial charge is 0.309 e. The van der Waals surface area contributed by atoms with Gasteiger partial charge in [0.15, 0.2) is 0 Å². The lowest BCUT2D eigenvalue weighted by Crippen LogP contribution is -2.54. The zero-order valence-electron chi connectivity index (χ0n) is 6.91. The molecule has 0 amide bonds. The van der Waals surface area contributed by atoms with Gasteiger partial charge in [0.25, 0.3) is 0 Å². The Balaban J connectivity index is 2.07. The van der Waals surface area contributed by atoms with Crippen LogP contribution in [0.1, 0.15) is 38.5 Å². The van der Waals surface area contributed by atoms with Crippen molar-refractivity contribution in [3.63, 3.8) is 0 Å². The van der Waals surface area contributed by atoms with E-state index in [1.165, 1.54) is 12.8 Å². The van der Waals surface area contributed by atoms with Gasteiger partial charge in [-0.1, -0.05) is 12.8 Å². The SMILES string of the molecule is FC1CCCNC12CCCC2. The Hall–Kier alpha value is -0.110. The van der Waals surface area contributed by atoms with E-state index in [2.05, 4.69) is 5.32 Å². The Morgan fingerprint density at radius 2 is 1.91 bits per heavy atom. The first-order chi connectivity index (χ1) is 5.33. The third-order valence-electron chi connectivity index (χ3n) is 3.21. The summed E-state index contributed by atoms with van der Waals surface area (Å²) in [7, 11) is 0. The van der Waals surface area contributed by atoms with Gasteiger partial charge in [0, 0.05) is 5.54 Å². The molecule has 1 N–H and O–H groups in total. The molecule has 1 spiro atoms. The van der Waals surface area contributed by atoms with E-state index in [-0.39, 0.29) is 5.54 Å². The third-order valence-corrected chi connectivity index (χ3v) is 3.21. The molecule has 1 nitrogen and oxygen atoms in total. The molecule has 2 aliphatic rings. The van der Waals surface area contributed by atoms with Gasteiger partial charge in [0.1, 0.15) is 6.17 Å². The fourth-order valence-corrected chi connectivity index (χ4v) is 2.50. The van der Waals surface area contributed by atoms with E-state index in [1.807, 2.05) is 0 Å². The summed E-state index contributed by atoms with van der Waals surface area (Å²) in [4.78, 5) is 0. The van der Waals surface area contributed by atoms with Crippen molar-refractivity contribution in [2.75, 3.05) is 6.54 Å². The molecule has 0 radical (unpaired) electrons. The standard InChI is InChI=1S/C9H16FN/c10-8-4-3-7-11-9(8)5-1-2-6-9/h8,11H,1-7H2. The average molecular weight is 157 g/mol. The van der Waals surface area contributed by atoms with Crippen LogP contribution in [0.25, 0.3) is 0 Å². The maximum absolute atomic E-state index is 13.5. The molecule has 0 aromatic carbocycles. The maximum Gasteiger partial charge on any atom is 0.118 e. The third kappa shape index (κ3) is 1.18. The number of halogens is 1. The molecule has 0 bridgehead atoms. The van der Waals surface area contributed by atoms with E-state index in [0.717, 1.165) is 32.2 Å². The number of nitrogens with one attached hydrogen (secondary N) is 1. The summed E-state index contributed by atoms with van der Waals surface area (Å²) in [5, 5.41) is 3.37. The van der Waals surface area contributed by atoms with Crippen LogP contribution in [0.3, 0.4) is 0 Å². The molecule has 64 valence electrons. The summed E-state index contributed by atoms with van der Waals surface area (Å²) in [6, 6.07) is 0. The Labute approximate surface area is 67.4 Å². The van der Waals surface area contributed by atoms with Crippen LogP contribution < -0.4 is 5.32 Å². The summed E-state index contributed by atoms with van der Waals surface area (Å²) >= 11 is 0. The molecule has 1 aliphatic carbocycles. The highest BCUT2D eigenvalue weighted by Crippen LogP contribution is 2.37. The maximum atomic E-state index is 13.5. The zero-order valence-corrected chi connectivity index (χ0v) is 6.91. The van der Waals surface area contributed by atoms with Crippen LogP contribution in [-0.2, 0) is 0 Å². The van der Waals surface area contributed by atoms with Crippen LogP contribution in [0.5, 0.6) is 0 Å². The summed E-state index contributed by atoms with van der Waals surface area (Å²) in [6.07, 6.45) is 5.79. The predicted octanol–water partition coefficient (Wildman–Crippen LogP) is 2.02. The molecule has 2 heteroatoms. The van der Waals surface area contributed by atoms with Crippen molar-refractivity contribution in [3.05, 3.63) is 0 Å². The summed E-state index contributed by atoms with van der Waals surface area (Å²) < 4.78 is 13.5. The lowest BCUT2D eigenvalue weighted by atomic mass is 9.85. The first-order valence-electron chi connectivity index (χ1n) is 4.73. The van der Waals surface area contributed by atoms with Crippen molar-refractivity contribution in [1.29, 1.82) is 0 Å². The second-order valence-electron chi connectivity index (χ2n) is 3.90. The normalized spacial score (nSPS) is 36.3. The number of hydrogen-bond donors (Lipinski definition) is 1. The lowest BCUT2D eigenvalue weighted by Gasteiger charge is -2.37. The van der Waals surface area contributed by atoms with Crippen LogP contribution in [0, 0.1) is 0 Å². The molecule has 2 fully saturated rings. The average Bonchev–Trinajstić information content (AvgIpc) is 2.46. The predicted molar refractivity (Wildman–Crippen MR) is 43.3 cm³/mol. The molecule has 0 aromatic heterocycles. The number of hydrogen-bond acceptors (Lipinski definition) is 1. The first-order valence-corrected chi connectivity index (χ1v) is 4.73. The topological polar surface area (TPSA) is 12.0 Å². The van der Waals surface area contributed by atoms with Crippen molar-refractivity contribution in [2.45, 2.75) is 50.2 Å². The van der Waals surface area contributed by atoms with E-state index in [9.17, 15) is 4.39 Å². The number of piperidine rings is 1. The highest BCUT2D eigenvalue weighted by atomic mass is 19.1. The van der Waals surface area contributed by atoms with Gasteiger partial charge in [-0.3, -0.25) is 0 Å². The van der Waals surface area contributed by atoms with E-state index in [0.29, 0.717) is 0 Å². The van der Waals surface area contributed by atoms with Gasteiger partial charge in [0.05, 0.1) is 0 Å². The second kappa shape index (κ2) is 2.74. The quantitative estimate of drug-likeness (QED) is 0.567. The smallest absolute Gasteiger partial charge is 0.118 e. The minimum Gasteiger partial charge on any atom is -0.309 e. The highest BCUT2D eigenvalue weighted by molar-refractivity contribution is 5.00. The molecule has 11 heavy (non-hydrogen) atoms. The summed E-state index contributed by atoms with van der Waals surface area (Å²) in [5.74, 6) is 0. The fourth-order valence-electron chi connectivity index (χ4n) is 2.50. The van der Waals surface area contributed by atoms with Crippen LogP contribution >= 0.6 is 0 Å². The van der Waals surface area contributed by atoms with E-state index >= 15 is 0 Å². The highest BCUT2D eigenvalue weighted by Gasteiger charge is 2.42. The van der Waals surface area contributed by atoms with Crippen molar-refractivity contribution in [3.8, 4) is 0 Å². The van der Waals surface area contributed by atoms with Crippen molar-refractivity contribution in [2.24, 2.45) is 0 Å². The molecular weight excluding hydrogens is 141 g/mol. The summed E-state index contributed by atoms with van der Waals surface area (Å²) in [6.45, 7) is 1.03. The number of alkyl halides is 1. The number of rotatable bonds is 0. The van der Waals surface area contributed by atoms with Crippen LogP contribution in [0.15, 0.2) is 0 Å². The molecule has 1 aliphatic heterocycles. The first kappa shape index (κ1) is 7.53. The Morgan fingerprint density at radius 3 is 2.55 bits per heavy atom. The summed E-state index contributed by atoms with van der Waals surface area (Å²) in [5.41, 5.74) is -0.0851. The Morgan fingerprint density at radius 1 is 1.18 bits per heavy atom. The Bertz CT molecular complexity index is 140. The molecular formula is C9H16FN. The molecule has 1 saturated carbocycles. The van der Waals surface area contributed by atoms with Crippen LogP contribution in [0.4, 0.5) is 4.39 Å². The van der Waals surface area contributed by atoms with Crippen LogP contribution in [0.2, 0.25) is 0 Å². The van der Waals surface area contributed by atoms with Gasteiger partial charge >= 0.3 is 0 Å². The fraction of sp³-hybridized carbons (Fsp3) is 1.00. The molecule has 1 saturated heterocycles. The Kier molecular flexibility index (Phi) is 1.88. The van der Waals surface area contributed by atoms with Gasteiger partial charge in [-0.2, -0.15) is 0 Å². The van der Waals surface area contributed by atoms with Gasteiger partial charge in [-0.25, -0.2) is 4.39 Å². The van der Waals surface area contributed by atoms with E-state index < -0.39 is 6.17 Å². The van der Waals surface area contributed by atoms with Crippen molar-refractivity contribution >= 4 is 0 Å². The van der Waals surface area contributed by atoms with Gasteiger partial charge in [0.2, 0.25) is 0 Å². The minimum absolute atomic E-state index is 0.0851. The van der Waals surface area contributed by atoms with Gasteiger partial charge in [-0.15, -0.1) is 0 Å². The zero-order chi connectivity index (χ0) is 7.73. The monoisotopic (exact) mass is 157 g/mol. The van der Waals surface area contributed by atoms with E-state index in [4.69, 9.17) is 0 Å². The van der Waals surface area contributed by atoms with Crippen LogP contribution in [-0.4, -0.2) is 18.3 Å². The molecule has 2 rings (SSSR count). The minimum atomic E-state index is -0.571. The molecule has 1 unspecified atom stereocenters. The van der Waals surface area contributed by atoms with E-state index in [1.54, 1.807) is 0 Å². The lowest BCUT2D eigenvalue weighted by molar-refractivity contribution is 0.112. The molecule has 1 heterocycles.